The first-order chi connectivity index (χ1) is 8.56. The zero-order chi connectivity index (χ0) is 13.5. The Morgan fingerprint density at radius 1 is 1.33 bits per heavy atom. The summed E-state index contributed by atoms with van der Waals surface area (Å²) in [5.41, 5.74) is 1.19. The van der Waals surface area contributed by atoms with Gasteiger partial charge < -0.3 is 10.4 Å². The fourth-order valence-electron chi connectivity index (χ4n) is 1.38. The van der Waals surface area contributed by atoms with Gasteiger partial charge in [-0.05, 0) is 25.0 Å². The van der Waals surface area contributed by atoms with E-state index in [1.54, 1.807) is 18.2 Å². The predicted octanol–water partition coefficient (Wildman–Crippen LogP) is 1.80. The van der Waals surface area contributed by atoms with E-state index < -0.39 is 0 Å². The maximum atomic E-state index is 12.1. The van der Waals surface area contributed by atoms with Gasteiger partial charge in [-0.3, -0.25) is 4.79 Å². The van der Waals surface area contributed by atoms with Crippen molar-refractivity contribution in [2.45, 2.75) is 26.8 Å². The van der Waals surface area contributed by atoms with Crippen LogP contribution < -0.4 is 5.32 Å². The average Bonchev–Trinajstić information content (AvgIpc) is 2.36. The molecule has 3 nitrogen and oxygen atoms in total. The molecule has 0 aromatic heterocycles. The van der Waals surface area contributed by atoms with Crippen molar-refractivity contribution in [1.29, 1.82) is 0 Å². The Hall–Kier alpha value is -1.79. The summed E-state index contributed by atoms with van der Waals surface area (Å²) in [5.74, 6) is 5.60. The number of rotatable bonds is 3. The van der Waals surface area contributed by atoms with Gasteiger partial charge >= 0.3 is 0 Å². The summed E-state index contributed by atoms with van der Waals surface area (Å²) >= 11 is 0. The minimum absolute atomic E-state index is 0.108. The lowest BCUT2D eigenvalue weighted by Gasteiger charge is -2.17. The lowest BCUT2D eigenvalue weighted by Crippen LogP contribution is -2.36. The second kappa shape index (κ2) is 6.83. The molecule has 0 saturated carbocycles. The van der Waals surface area contributed by atoms with Crippen molar-refractivity contribution in [2.75, 3.05) is 6.61 Å². The first-order valence-corrected chi connectivity index (χ1v) is 6.06. The molecule has 0 bridgehead atoms. The van der Waals surface area contributed by atoms with E-state index in [1.807, 2.05) is 13.0 Å². The van der Waals surface area contributed by atoms with Crippen LogP contribution in [-0.2, 0) is 0 Å². The Labute approximate surface area is 108 Å². The van der Waals surface area contributed by atoms with Crippen LogP contribution in [0.3, 0.4) is 0 Å². The summed E-state index contributed by atoms with van der Waals surface area (Å²) in [6.45, 7) is 5.88. The van der Waals surface area contributed by atoms with E-state index in [9.17, 15) is 4.79 Å². The molecule has 0 radical (unpaired) electrons. The molecule has 18 heavy (non-hydrogen) atoms. The van der Waals surface area contributed by atoms with Crippen LogP contribution in [0, 0.1) is 17.8 Å². The van der Waals surface area contributed by atoms with Gasteiger partial charge in [-0.25, -0.2) is 0 Å². The normalized spacial score (nSPS) is 11.6. The van der Waals surface area contributed by atoms with E-state index in [-0.39, 0.29) is 18.6 Å². The number of aliphatic hydroxyl groups is 1. The maximum Gasteiger partial charge on any atom is 0.252 e. The van der Waals surface area contributed by atoms with Crippen LogP contribution in [-0.4, -0.2) is 23.7 Å². The average molecular weight is 245 g/mol. The number of aliphatic hydroxyl groups excluding tert-OH is 1. The largest absolute Gasteiger partial charge is 0.384 e. The Morgan fingerprint density at radius 3 is 2.61 bits per heavy atom. The highest BCUT2D eigenvalue weighted by Crippen LogP contribution is 2.09. The molecule has 0 aliphatic heterocycles. The van der Waals surface area contributed by atoms with Crippen molar-refractivity contribution < 1.29 is 9.90 Å². The summed E-state index contributed by atoms with van der Waals surface area (Å²) < 4.78 is 0. The zero-order valence-electron chi connectivity index (χ0n) is 11.0. The first kappa shape index (κ1) is 14.3. The van der Waals surface area contributed by atoms with Gasteiger partial charge in [0.05, 0.1) is 5.56 Å². The summed E-state index contributed by atoms with van der Waals surface area (Å²) in [6.07, 6.45) is 0. The van der Waals surface area contributed by atoms with Crippen LogP contribution in [0.2, 0.25) is 0 Å². The van der Waals surface area contributed by atoms with Crippen molar-refractivity contribution in [3.8, 4) is 11.8 Å². The Morgan fingerprint density at radius 2 is 2.00 bits per heavy atom. The second-order valence-electron chi connectivity index (χ2n) is 4.51. The third kappa shape index (κ3) is 3.90. The lowest BCUT2D eigenvalue weighted by molar-refractivity contribution is 0.0930. The first-order valence-electron chi connectivity index (χ1n) is 6.06. The zero-order valence-corrected chi connectivity index (χ0v) is 11.0. The molecule has 2 N–H and O–H groups in total. The molecule has 3 heteroatoms. The minimum Gasteiger partial charge on any atom is -0.384 e. The van der Waals surface area contributed by atoms with Crippen molar-refractivity contribution in [2.24, 2.45) is 5.92 Å². The highest BCUT2D eigenvalue weighted by atomic mass is 16.2. The van der Waals surface area contributed by atoms with Gasteiger partial charge in [0.25, 0.3) is 5.91 Å². The molecule has 0 spiro atoms. The van der Waals surface area contributed by atoms with Gasteiger partial charge in [0.2, 0.25) is 0 Å². The molecule has 0 aliphatic rings. The van der Waals surface area contributed by atoms with Gasteiger partial charge in [-0.2, -0.15) is 0 Å². The summed E-state index contributed by atoms with van der Waals surface area (Å²) in [6, 6.07) is 7.25. The van der Waals surface area contributed by atoms with Crippen LogP contribution in [0.4, 0.5) is 0 Å². The molecule has 1 rings (SSSR count). The van der Waals surface area contributed by atoms with Crippen LogP contribution in [0.25, 0.3) is 0 Å². The van der Waals surface area contributed by atoms with Gasteiger partial charge in [0.1, 0.15) is 6.61 Å². The molecular weight excluding hydrogens is 226 g/mol. The molecule has 1 amide bonds. The maximum absolute atomic E-state index is 12.1. The van der Waals surface area contributed by atoms with Crippen molar-refractivity contribution >= 4 is 5.91 Å². The number of carbonyl (C=O) groups is 1. The minimum atomic E-state index is -0.210. The molecule has 96 valence electrons. The van der Waals surface area contributed by atoms with Gasteiger partial charge in [0, 0.05) is 11.6 Å². The van der Waals surface area contributed by atoms with Gasteiger partial charge in [-0.1, -0.05) is 37.8 Å². The number of nitrogens with one attached hydrogen (secondary N) is 1. The highest BCUT2D eigenvalue weighted by Gasteiger charge is 2.14. The van der Waals surface area contributed by atoms with E-state index in [0.717, 1.165) is 0 Å². The van der Waals surface area contributed by atoms with Crippen molar-refractivity contribution in [1.82, 2.24) is 5.32 Å². The second-order valence-corrected chi connectivity index (χ2v) is 4.51. The van der Waals surface area contributed by atoms with E-state index in [2.05, 4.69) is 31.0 Å². The summed E-state index contributed by atoms with van der Waals surface area (Å²) in [7, 11) is 0. The Kier molecular flexibility index (Phi) is 5.41. The van der Waals surface area contributed by atoms with Crippen LogP contribution in [0.15, 0.2) is 24.3 Å². The smallest absolute Gasteiger partial charge is 0.252 e. The highest BCUT2D eigenvalue weighted by molar-refractivity contribution is 5.96. The van der Waals surface area contributed by atoms with E-state index in [4.69, 9.17) is 5.11 Å². The predicted molar refractivity (Wildman–Crippen MR) is 72.2 cm³/mol. The molecule has 0 aliphatic carbocycles. The van der Waals surface area contributed by atoms with Crippen LogP contribution >= 0.6 is 0 Å². The molecule has 1 unspecified atom stereocenters. The number of hydrogen-bond acceptors (Lipinski definition) is 2. The van der Waals surface area contributed by atoms with E-state index >= 15 is 0 Å². The topological polar surface area (TPSA) is 49.3 Å². The standard InChI is InChI=1S/C15H19NO2/c1-11(2)12(3)16-15(18)14-9-5-4-7-13(14)8-6-10-17/h4-5,7,9,11-12,17H,10H2,1-3H3,(H,16,18). The van der Waals surface area contributed by atoms with Crippen molar-refractivity contribution in [3.05, 3.63) is 35.4 Å². The number of amides is 1. The molecule has 1 aromatic rings. The fraction of sp³-hybridized carbons (Fsp3) is 0.400. The molecule has 0 heterocycles. The quantitative estimate of drug-likeness (QED) is 0.798. The SMILES string of the molecule is CC(C)C(C)NC(=O)c1ccccc1C#CCO. The lowest BCUT2D eigenvalue weighted by atomic mass is 10.0. The molecular formula is C15H19NO2. The molecule has 0 fully saturated rings. The summed E-state index contributed by atoms with van der Waals surface area (Å²) in [5, 5.41) is 11.6. The van der Waals surface area contributed by atoms with E-state index in [0.29, 0.717) is 17.0 Å². The number of benzene rings is 1. The molecule has 0 saturated heterocycles. The molecule has 1 atom stereocenters. The fourth-order valence-corrected chi connectivity index (χ4v) is 1.38. The van der Waals surface area contributed by atoms with Gasteiger partial charge in [-0.15, -0.1) is 0 Å². The van der Waals surface area contributed by atoms with Crippen LogP contribution in [0.1, 0.15) is 36.7 Å². The van der Waals surface area contributed by atoms with E-state index in [1.165, 1.54) is 0 Å². The Balaban J connectivity index is 2.92. The Bertz CT molecular complexity index is 469. The molecule has 1 aromatic carbocycles. The van der Waals surface area contributed by atoms with Gasteiger partial charge in [0.15, 0.2) is 0 Å². The van der Waals surface area contributed by atoms with Crippen molar-refractivity contribution in [3.63, 3.8) is 0 Å². The number of hydrogen-bond donors (Lipinski definition) is 2. The monoisotopic (exact) mass is 245 g/mol. The third-order valence-electron chi connectivity index (χ3n) is 2.83. The van der Waals surface area contributed by atoms with Crippen LogP contribution in [0.5, 0.6) is 0 Å². The summed E-state index contributed by atoms with van der Waals surface area (Å²) in [4.78, 5) is 12.1. The number of carbonyl (C=O) groups excluding carboxylic acids is 1. The third-order valence-corrected chi connectivity index (χ3v) is 2.83.